The van der Waals surface area contributed by atoms with E-state index in [4.69, 9.17) is 18.9 Å². The Labute approximate surface area is 158 Å². The second kappa shape index (κ2) is 9.03. The Morgan fingerprint density at radius 2 is 1.77 bits per heavy atom. The largest absolute Gasteiger partial charge is 0.497 e. The van der Waals surface area contributed by atoms with Gasteiger partial charge < -0.3 is 18.9 Å². The van der Waals surface area contributed by atoms with Crippen molar-refractivity contribution < 1.29 is 18.9 Å². The first-order chi connectivity index (χ1) is 12.3. The van der Waals surface area contributed by atoms with Crippen molar-refractivity contribution >= 4 is 0 Å². The second-order valence-corrected chi connectivity index (χ2v) is 7.86. The first-order valence-electron chi connectivity index (χ1n) is 9.46. The van der Waals surface area contributed by atoms with Gasteiger partial charge in [-0.1, -0.05) is 39.0 Å². The highest BCUT2D eigenvalue weighted by molar-refractivity contribution is 5.26. The van der Waals surface area contributed by atoms with Crippen molar-refractivity contribution in [2.45, 2.75) is 59.2 Å². The van der Waals surface area contributed by atoms with Gasteiger partial charge in [-0.25, -0.2) is 0 Å². The van der Waals surface area contributed by atoms with E-state index in [0.29, 0.717) is 13.2 Å². The molecule has 2 rings (SSSR count). The summed E-state index contributed by atoms with van der Waals surface area (Å²) in [6.45, 7) is 15.7. The highest BCUT2D eigenvalue weighted by Crippen LogP contribution is 2.37. The van der Waals surface area contributed by atoms with Crippen LogP contribution in [0.2, 0.25) is 0 Å². The molecule has 1 aromatic carbocycles. The molecule has 146 valence electrons. The van der Waals surface area contributed by atoms with Gasteiger partial charge in [-0.2, -0.15) is 0 Å². The van der Waals surface area contributed by atoms with Gasteiger partial charge in [0.1, 0.15) is 5.75 Å². The summed E-state index contributed by atoms with van der Waals surface area (Å²) in [4.78, 5) is 0. The number of methoxy groups -OCH3 is 1. The molecule has 1 aliphatic heterocycles. The minimum atomic E-state index is -0.594. The number of hydrogen-bond acceptors (Lipinski definition) is 4. The molecule has 4 nitrogen and oxygen atoms in total. The Morgan fingerprint density at radius 1 is 1.15 bits per heavy atom. The average molecular weight is 363 g/mol. The fourth-order valence-corrected chi connectivity index (χ4v) is 3.62. The van der Waals surface area contributed by atoms with E-state index in [-0.39, 0.29) is 30.0 Å². The van der Waals surface area contributed by atoms with Gasteiger partial charge in [0.2, 0.25) is 0 Å². The number of ether oxygens (including phenoxy) is 4. The number of rotatable bonds is 8. The standard InChI is InChI=1S/C22H34O4/c1-8-15(2)20-17(4)21(26-22(5,6)25-20)16(3)13-24-14-18-9-11-19(23-7)12-10-18/h8-12,15-17,20-21H,1,13-14H2,2-7H3. The summed E-state index contributed by atoms with van der Waals surface area (Å²) in [5, 5.41) is 0. The zero-order valence-corrected chi connectivity index (χ0v) is 17.0. The van der Waals surface area contributed by atoms with E-state index in [2.05, 4.69) is 27.4 Å². The van der Waals surface area contributed by atoms with Crippen LogP contribution in [0.1, 0.15) is 40.2 Å². The minimum absolute atomic E-state index is 0.0852. The van der Waals surface area contributed by atoms with E-state index >= 15 is 0 Å². The van der Waals surface area contributed by atoms with Crippen molar-refractivity contribution in [3.05, 3.63) is 42.5 Å². The SMILES string of the molecule is C=CC(C)C1OC(C)(C)OC(C(C)COCc2ccc(OC)cc2)C1C. The molecule has 0 N–H and O–H groups in total. The molecular weight excluding hydrogens is 328 g/mol. The van der Waals surface area contributed by atoms with Gasteiger partial charge in [0.15, 0.2) is 5.79 Å². The maximum atomic E-state index is 6.25. The monoisotopic (exact) mass is 362 g/mol. The molecule has 4 heteroatoms. The van der Waals surface area contributed by atoms with Crippen LogP contribution in [0.25, 0.3) is 0 Å². The lowest BCUT2D eigenvalue weighted by Crippen LogP contribution is -2.54. The molecular formula is C22H34O4. The lowest BCUT2D eigenvalue weighted by atomic mass is 9.82. The predicted molar refractivity (Wildman–Crippen MR) is 104 cm³/mol. The quantitative estimate of drug-likeness (QED) is 0.621. The van der Waals surface area contributed by atoms with Crippen molar-refractivity contribution in [3.63, 3.8) is 0 Å². The average Bonchev–Trinajstić information content (AvgIpc) is 2.63. The second-order valence-electron chi connectivity index (χ2n) is 7.86. The first-order valence-corrected chi connectivity index (χ1v) is 9.46. The van der Waals surface area contributed by atoms with Crippen LogP contribution >= 0.6 is 0 Å². The lowest BCUT2D eigenvalue weighted by molar-refractivity contribution is -0.333. The molecule has 0 saturated carbocycles. The molecule has 0 amide bonds. The molecule has 26 heavy (non-hydrogen) atoms. The number of benzene rings is 1. The number of hydrogen-bond donors (Lipinski definition) is 0. The van der Waals surface area contributed by atoms with Crippen LogP contribution in [0, 0.1) is 17.8 Å². The van der Waals surface area contributed by atoms with Crippen LogP contribution < -0.4 is 4.74 Å². The third kappa shape index (κ3) is 5.32. The van der Waals surface area contributed by atoms with Crippen molar-refractivity contribution in [2.24, 2.45) is 17.8 Å². The van der Waals surface area contributed by atoms with E-state index in [0.717, 1.165) is 11.3 Å². The summed E-state index contributed by atoms with van der Waals surface area (Å²) in [6.07, 6.45) is 2.15. The Morgan fingerprint density at radius 3 is 2.35 bits per heavy atom. The highest BCUT2D eigenvalue weighted by Gasteiger charge is 2.44. The van der Waals surface area contributed by atoms with Gasteiger partial charge in [0.25, 0.3) is 0 Å². The van der Waals surface area contributed by atoms with Gasteiger partial charge in [-0.15, -0.1) is 6.58 Å². The van der Waals surface area contributed by atoms with Crippen LogP contribution in [-0.2, 0) is 20.8 Å². The lowest BCUT2D eigenvalue weighted by Gasteiger charge is -2.48. The summed E-state index contributed by atoms with van der Waals surface area (Å²) in [7, 11) is 1.67. The maximum absolute atomic E-state index is 6.25. The van der Waals surface area contributed by atoms with Crippen molar-refractivity contribution in [2.75, 3.05) is 13.7 Å². The molecule has 1 saturated heterocycles. The zero-order chi connectivity index (χ0) is 19.3. The predicted octanol–water partition coefficient (Wildman–Crippen LogP) is 4.83. The summed E-state index contributed by atoms with van der Waals surface area (Å²) < 4.78 is 23.6. The van der Waals surface area contributed by atoms with Gasteiger partial charge in [0.05, 0.1) is 32.5 Å². The van der Waals surface area contributed by atoms with Crippen LogP contribution in [0.3, 0.4) is 0 Å². The van der Waals surface area contributed by atoms with E-state index in [9.17, 15) is 0 Å². The van der Waals surface area contributed by atoms with E-state index in [1.54, 1.807) is 7.11 Å². The molecule has 5 atom stereocenters. The van der Waals surface area contributed by atoms with E-state index < -0.39 is 5.79 Å². The molecule has 1 aromatic rings. The van der Waals surface area contributed by atoms with Crippen LogP contribution in [0.15, 0.2) is 36.9 Å². The van der Waals surface area contributed by atoms with E-state index in [1.165, 1.54) is 0 Å². The fraction of sp³-hybridized carbons (Fsp3) is 0.636. The molecule has 1 heterocycles. The Balaban J connectivity index is 1.93. The molecule has 0 spiro atoms. The Bertz CT molecular complexity index is 566. The fourth-order valence-electron chi connectivity index (χ4n) is 3.62. The first kappa shape index (κ1) is 20.9. The maximum Gasteiger partial charge on any atom is 0.163 e. The Kier molecular flexibility index (Phi) is 7.27. The normalized spacial score (nSPS) is 27.5. The third-order valence-corrected chi connectivity index (χ3v) is 5.14. The van der Waals surface area contributed by atoms with E-state index in [1.807, 2.05) is 44.2 Å². The molecule has 5 unspecified atom stereocenters. The molecule has 1 fully saturated rings. The minimum Gasteiger partial charge on any atom is -0.497 e. The topological polar surface area (TPSA) is 36.9 Å². The smallest absolute Gasteiger partial charge is 0.163 e. The summed E-state index contributed by atoms with van der Waals surface area (Å²) in [5.74, 6) is 1.09. The molecule has 0 radical (unpaired) electrons. The highest BCUT2D eigenvalue weighted by atomic mass is 16.7. The van der Waals surface area contributed by atoms with Crippen molar-refractivity contribution in [1.29, 1.82) is 0 Å². The van der Waals surface area contributed by atoms with Gasteiger partial charge in [-0.3, -0.25) is 0 Å². The van der Waals surface area contributed by atoms with Crippen molar-refractivity contribution in [1.82, 2.24) is 0 Å². The molecule has 0 bridgehead atoms. The van der Waals surface area contributed by atoms with Crippen LogP contribution in [-0.4, -0.2) is 31.7 Å². The van der Waals surface area contributed by atoms with Crippen LogP contribution in [0.5, 0.6) is 5.75 Å². The summed E-state index contributed by atoms with van der Waals surface area (Å²) in [6, 6.07) is 7.97. The summed E-state index contributed by atoms with van der Waals surface area (Å²) >= 11 is 0. The molecule has 0 aromatic heterocycles. The Hall–Kier alpha value is -1.36. The summed E-state index contributed by atoms with van der Waals surface area (Å²) in [5.41, 5.74) is 1.14. The van der Waals surface area contributed by atoms with Gasteiger partial charge in [0, 0.05) is 17.8 Å². The molecule has 1 aliphatic rings. The van der Waals surface area contributed by atoms with Gasteiger partial charge in [-0.05, 0) is 31.5 Å². The third-order valence-electron chi connectivity index (χ3n) is 5.14. The van der Waals surface area contributed by atoms with Crippen LogP contribution in [0.4, 0.5) is 0 Å². The van der Waals surface area contributed by atoms with Gasteiger partial charge >= 0.3 is 0 Å². The van der Waals surface area contributed by atoms with Crippen molar-refractivity contribution in [3.8, 4) is 5.75 Å². The molecule has 0 aliphatic carbocycles. The zero-order valence-electron chi connectivity index (χ0n) is 17.0.